The number of hydrogen-bond acceptors (Lipinski definition) is 2. The number of amides is 1. The molecule has 1 amide bonds. The summed E-state index contributed by atoms with van der Waals surface area (Å²) in [5, 5.41) is 0. The summed E-state index contributed by atoms with van der Waals surface area (Å²) < 4.78 is 13.8. The lowest BCUT2D eigenvalue weighted by molar-refractivity contribution is -0.119. The molecule has 21 heavy (non-hydrogen) atoms. The quantitative estimate of drug-likeness (QED) is 0.796. The van der Waals surface area contributed by atoms with Crippen molar-refractivity contribution in [3.8, 4) is 0 Å². The minimum atomic E-state index is -0.352. The van der Waals surface area contributed by atoms with Crippen LogP contribution in [0.4, 0.5) is 10.1 Å². The monoisotopic (exact) mass is 294 g/mol. The Bertz CT molecular complexity index is 448. The number of carbonyl (C=O) groups is 1. The first-order valence-electron chi connectivity index (χ1n) is 7.76. The topological polar surface area (TPSA) is 46.3 Å². The van der Waals surface area contributed by atoms with Crippen LogP contribution in [-0.4, -0.2) is 19.0 Å². The Labute approximate surface area is 127 Å². The third-order valence-electron chi connectivity index (χ3n) is 3.97. The maximum Gasteiger partial charge on any atom is 0.227 e. The second-order valence-corrected chi connectivity index (χ2v) is 5.71. The molecule has 1 atom stereocenters. The van der Waals surface area contributed by atoms with E-state index in [2.05, 4.69) is 13.8 Å². The first-order chi connectivity index (χ1) is 10.0. The van der Waals surface area contributed by atoms with E-state index in [-0.39, 0.29) is 11.7 Å². The number of nitrogens with two attached hydrogens (primary N) is 1. The van der Waals surface area contributed by atoms with Gasteiger partial charge in [-0.1, -0.05) is 26.0 Å². The summed E-state index contributed by atoms with van der Waals surface area (Å²) in [4.78, 5) is 13.9. The minimum Gasteiger partial charge on any atom is -0.330 e. The zero-order valence-corrected chi connectivity index (χ0v) is 13.3. The van der Waals surface area contributed by atoms with Gasteiger partial charge in [0.15, 0.2) is 0 Å². The van der Waals surface area contributed by atoms with Gasteiger partial charge >= 0.3 is 0 Å². The summed E-state index contributed by atoms with van der Waals surface area (Å²) in [6.45, 7) is 7.29. The highest BCUT2D eigenvalue weighted by molar-refractivity contribution is 5.93. The number of hydrogen-bond donors (Lipinski definition) is 1. The molecule has 0 fully saturated rings. The molecule has 118 valence electrons. The molecule has 0 aliphatic heterocycles. The third kappa shape index (κ3) is 5.12. The Morgan fingerprint density at radius 2 is 1.95 bits per heavy atom. The zero-order chi connectivity index (χ0) is 15.8. The van der Waals surface area contributed by atoms with E-state index in [4.69, 9.17) is 5.73 Å². The van der Waals surface area contributed by atoms with E-state index in [1.54, 1.807) is 18.2 Å². The summed E-state index contributed by atoms with van der Waals surface area (Å²) in [6.07, 6.45) is 2.17. The van der Waals surface area contributed by atoms with Gasteiger partial charge in [-0.3, -0.25) is 4.79 Å². The molecule has 0 aromatic heterocycles. The smallest absolute Gasteiger partial charge is 0.227 e. The van der Waals surface area contributed by atoms with E-state index in [9.17, 15) is 9.18 Å². The van der Waals surface area contributed by atoms with Crippen LogP contribution in [0.5, 0.6) is 0 Å². The number of benzene rings is 1. The van der Waals surface area contributed by atoms with Gasteiger partial charge in [-0.25, -0.2) is 4.39 Å². The number of carbonyl (C=O) groups excluding carboxylic acids is 1. The predicted octanol–water partition coefficient (Wildman–Crippen LogP) is 3.58. The Morgan fingerprint density at radius 3 is 2.48 bits per heavy atom. The van der Waals surface area contributed by atoms with Crippen molar-refractivity contribution >= 4 is 11.6 Å². The van der Waals surface area contributed by atoms with Gasteiger partial charge in [0, 0.05) is 13.0 Å². The van der Waals surface area contributed by atoms with Gasteiger partial charge in [0.25, 0.3) is 0 Å². The van der Waals surface area contributed by atoms with Crippen molar-refractivity contribution < 1.29 is 9.18 Å². The zero-order valence-electron chi connectivity index (χ0n) is 13.3. The van der Waals surface area contributed by atoms with Crippen LogP contribution in [0.15, 0.2) is 24.3 Å². The van der Waals surface area contributed by atoms with Crippen molar-refractivity contribution in [3.63, 3.8) is 0 Å². The van der Waals surface area contributed by atoms with Crippen molar-refractivity contribution in [2.45, 2.75) is 40.0 Å². The van der Waals surface area contributed by atoms with E-state index in [0.717, 1.165) is 12.8 Å². The fourth-order valence-corrected chi connectivity index (χ4v) is 2.62. The molecule has 1 aromatic rings. The maximum atomic E-state index is 13.8. The Hall–Kier alpha value is -1.42. The fraction of sp³-hybridized carbons (Fsp3) is 0.588. The molecule has 4 heteroatoms. The molecule has 0 aliphatic carbocycles. The number of halogens is 1. The minimum absolute atomic E-state index is 0.0229. The van der Waals surface area contributed by atoms with E-state index >= 15 is 0 Å². The SMILES string of the molecule is CCN(C(=O)CCC(CCN)C(C)C)c1ccccc1F. The molecule has 0 saturated heterocycles. The van der Waals surface area contributed by atoms with Crippen LogP contribution < -0.4 is 10.6 Å². The van der Waals surface area contributed by atoms with Crippen molar-refractivity contribution in [1.82, 2.24) is 0 Å². The lowest BCUT2D eigenvalue weighted by Gasteiger charge is -2.24. The van der Waals surface area contributed by atoms with Gasteiger partial charge < -0.3 is 10.6 Å². The highest BCUT2D eigenvalue weighted by Crippen LogP contribution is 2.23. The van der Waals surface area contributed by atoms with E-state index in [1.807, 2.05) is 6.92 Å². The third-order valence-corrected chi connectivity index (χ3v) is 3.97. The number of rotatable bonds is 8. The van der Waals surface area contributed by atoms with E-state index in [0.29, 0.717) is 37.0 Å². The van der Waals surface area contributed by atoms with Crippen molar-refractivity contribution in [1.29, 1.82) is 0 Å². The highest BCUT2D eigenvalue weighted by atomic mass is 19.1. The Morgan fingerprint density at radius 1 is 1.29 bits per heavy atom. The lowest BCUT2D eigenvalue weighted by Crippen LogP contribution is -2.32. The van der Waals surface area contributed by atoms with Crippen LogP contribution in [0.3, 0.4) is 0 Å². The van der Waals surface area contributed by atoms with Crippen molar-refractivity contribution in [3.05, 3.63) is 30.1 Å². The first-order valence-corrected chi connectivity index (χ1v) is 7.76. The molecule has 1 unspecified atom stereocenters. The number of anilines is 1. The van der Waals surface area contributed by atoms with Crippen LogP contribution in [0.2, 0.25) is 0 Å². The highest BCUT2D eigenvalue weighted by Gasteiger charge is 2.20. The van der Waals surface area contributed by atoms with Crippen LogP contribution in [-0.2, 0) is 4.79 Å². The fourth-order valence-electron chi connectivity index (χ4n) is 2.62. The molecule has 1 aromatic carbocycles. The molecule has 3 nitrogen and oxygen atoms in total. The summed E-state index contributed by atoms with van der Waals surface area (Å²) >= 11 is 0. The number of para-hydroxylation sites is 1. The van der Waals surface area contributed by atoms with Gasteiger partial charge in [-0.05, 0) is 50.3 Å². The predicted molar refractivity (Wildman–Crippen MR) is 85.7 cm³/mol. The molecular formula is C17H27FN2O. The molecule has 0 spiro atoms. The van der Waals surface area contributed by atoms with Crippen LogP contribution >= 0.6 is 0 Å². The van der Waals surface area contributed by atoms with Gasteiger partial charge in [0.1, 0.15) is 5.82 Å². The molecular weight excluding hydrogens is 267 g/mol. The average molecular weight is 294 g/mol. The van der Waals surface area contributed by atoms with Gasteiger partial charge in [0.05, 0.1) is 5.69 Å². The molecule has 2 N–H and O–H groups in total. The van der Waals surface area contributed by atoms with E-state index < -0.39 is 0 Å². The second-order valence-electron chi connectivity index (χ2n) is 5.71. The number of nitrogens with zero attached hydrogens (tertiary/aromatic N) is 1. The van der Waals surface area contributed by atoms with Crippen LogP contribution in [0, 0.1) is 17.7 Å². The van der Waals surface area contributed by atoms with Crippen molar-refractivity contribution in [2.75, 3.05) is 18.0 Å². The molecule has 1 rings (SSSR count). The van der Waals surface area contributed by atoms with Crippen molar-refractivity contribution in [2.24, 2.45) is 17.6 Å². The summed E-state index contributed by atoms with van der Waals surface area (Å²) in [7, 11) is 0. The first kappa shape index (κ1) is 17.6. The van der Waals surface area contributed by atoms with Crippen LogP contribution in [0.1, 0.15) is 40.0 Å². The molecule has 0 aliphatic rings. The lowest BCUT2D eigenvalue weighted by atomic mass is 9.88. The van der Waals surface area contributed by atoms with Gasteiger partial charge in [0.2, 0.25) is 5.91 Å². The Kier molecular flexibility index (Phi) is 7.37. The maximum absolute atomic E-state index is 13.8. The molecule has 0 bridgehead atoms. The average Bonchev–Trinajstić information content (AvgIpc) is 2.45. The molecule has 0 radical (unpaired) electrons. The largest absolute Gasteiger partial charge is 0.330 e. The van der Waals surface area contributed by atoms with Gasteiger partial charge in [-0.15, -0.1) is 0 Å². The second kappa shape index (κ2) is 8.78. The Balaban J connectivity index is 2.70. The normalized spacial score (nSPS) is 12.5. The molecule has 0 saturated carbocycles. The summed E-state index contributed by atoms with van der Waals surface area (Å²) in [5.41, 5.74) is 5.99. The van der Waals surface area contributed by atoms with E-state index in [1.165, 1.54) is 11.0 Å². The standard InChI is InChI=1S/C17H27FN2O/c1-4-20(16-8-6-5-7-15(16)18)17(21)10-9-14(11-12-19)13(2)3/h5-8,13-14H,4,9-12,19H2,1-3H3. The van der Waals surface area contributed by atoms with Crippen LogP contribution in [0.25, 0.3) is 0 Å². The summed E-state index contributed by atoms with van der Waals surface area (Å²) in [6, 6.07) is 6.42. The molecule has 0 heterocycles. The van der Waals surface area contributed by atoms with Gasteiger partial charge in [-0.2, -0.15) is 0 Å². The summed E-state index contributed by atoms with van der Waals surface area (Å²) in [5.74, 6) is 0.573.